The Labute approximate surface area is 199 Å². The number of aliphatic carboxylic acids is 1. The van der Waals surface area contributed by atoms with Crippen LogP contribution in [-0.2, 0) is 24.7 Å². The highest BCUT2D eigenvalue weighted by Crippen LogP contribution is 2.21. The quantitative estimate of drug-likeness (QED) is 0.370. The number of carbonyl (C=O) groups is 2. The Morgan fingerprint density at radius 3 is 2.82 bits per heavy atom. The number of anilines is 1. The average molecular weight is 464 g/mol. The maximum atomic E-state index is 12.6. The number of pyridine rings is 1. The van der Waals surface area contributed by atoms with E-state index in [4.69, 9.17) is 4.98 Å². The van der Waals surface area contributed by atoms with Gasteiger partial charge in [0.1, 0.15) is 11.9 Å². The normalized spacial score (nSPS) is 13.8. The molecule has 8 nitrogen and oxygen atoms in total. The number of hydrogen-bond donors (Lipinski definition) is 3. The molecule has 34 heavy (non-hydrogen) atoms. The van der Waals surface area contributed by atoms with E-state index in [1.807, 2.05) is 13.1 Å². The second kappa shape index (κ2) is 11.1. The maximum absolute atomic E-state index is 12.6. The van der Waals surface area contributed by atoms with Crippen LogP contribution in [0, 0.1) is 0 Å². The van der Waals surface area contributed by atoms with Gasteiger partial charge in [0.25, 0.3) is 5.91 Å². The zero-order valence-electron chi connectivity index (χ0n) is 19.7. The van der Waals surface area contributed by atoms with E-state index in [0.29, 0.717) is 12.0 Å². The molecule has 0 bridgehead atoms. The Morgan fingerprint density at radius 1 is 1.15 bits per heavy atom. The molecule has 0 aliphatic carbocycles. The summed E-state index contributed by atoms with van der Waals surface area (Å²) in [5.41, 5.74) is 3.81. The van der Waals surface area contributed by atoms with Crippen molar-refractivity contribution in [2.45, 2.75) is 63.8 Å². The van der Waals surface area contributed by atoms with E-state index in [1.165, 1.54) is 12.0 Å². The van der Waals surface area contributed by atoms with Crippen molar-refractivity contribution >= 4 is 28.6 Å². The summed E-state index contributed by atoms with van der Waals surface area (Å²) in [4.78, 5) is 29.0. The van der Waals surface area contributed by atoms with Gasteiger partial charge < -0.3 is 15.7 Å². The highest BCUT2D eigenvalue weighted by atomic mass is 16.4. The van der Waals surface area contributed by atoms with E-state index < -0.39 is 12.0 Å². The molecule has 0 saturated heterocycles. The summed E-state index contributed by atoms with van der Waals surface area (Å²) in [6.45, 7) is 1.00. The molecule has 0 saturated carbocycles. The summed E-state index contributed by atoms with van der Waals surface area (Å²) in [6, 6.07) is 8.71. The largest absolute Gasteiger partial charge is 0.480 e. The fraction of sp³-hybridized carbons (Fsp3) is 0.462. The molecule has 0 spiro atoms. The molecule has 4 rings (SSSR count). The number of amides is 1. The number of carbonyl (C=O) groups excluding carboxylic acids is 1. The molecular weight excluding hydrogens is 430 g/mol. The number of carboxylic acid groups (broad SMARTS) is 1. The van der Waals surface area contributed by atoms with E-state index in [2.05, 4.69) is 27.9 Å². The lowest BCUT2D eigenvalue weighted by Gasteiger charge is -2.17. The summed E-state index contributed by atoms with van der Waals surface area (Å²) in [5.74, 6) is -0.320. The van der Waals surface area contributed by atoms with Crippen LogP contribution in [-0.4, -0.2) is 44.3 Å². The van der Waals surface area contributed by atoms with Gasteiger partial charge in [-0.15, -0.1) is 0 Å². The van der Waals surface area contributed by atoms with Crippen LogP contribution in [0.4, 0.5) is 5.82 Å². The van der Waals surface area contributed by atoms with E-state index in [0.717, 1.165) is 73.9 Å². The topological polar surface area (TPSA) is 109 Å². The number of aryl methyl sites for hydroxylation is 3. The molecule has 0 radical (unpaired) electrons. The fourth-order valence-electron chi connectivity index (χ4n) is 4.50. The van der Waals surface area contributed by atoms with Gasteiger partial charge in [0.05, 0.1) is 11.7 Å². The Hall–Kier alpha value is -3.42. The SMILES string of the molecule is Cn1ncc2cc(C(=O)NC(CCCCCCCc3ccc4c(n3)NCCC4)C(=O)O)ccc21. The van der Waals surface area contributed by atoms with Crippen molar-refractivity contribution in [3.63, 3.8) is 0 Å². The number of unbranched alkanes of at least 4 members (excludes halogenated alkanes) is 4. The van der Waals surface area contributed by atoms with Gasteiger partial charge in [0.15, 0.2) is 0 Å². The van der Waals surface area contributed by atoms with Gasteiger partial charge >= 0.3 is 5.97 Å². The maximum Gasteiger partial charge on any atom is 0.326 e. The highest BCUT2D eigenvalue weighted by Gasteiger charge is 2.20. The number of rotatable bonds is 11. The zero-order chi connectivity index (χ0) is 23.9. The van der Waals surface area contributed by atoms with Crippen molar-refractivity contribution < 1.29 is 14.7 Å². The predicted octanol–water partition coefficient (Wildman–Crippen LogP) is 4.09. The summed E-state index contributed by atoms with van der Waals surface area (Å²) >= 11 is 0. The molecule has 1 aliphatic heterocycles. The van der Waals surface area contributed by atoms with Crippen LogP contribution in [0.2, 0.25) is 0 Å². The van der Waals surface area contributed by atoms with Gasteiger partial charge in [0.2, 0.25) is 0 Å². The first-order valence-corrected chi connectivity index (χ1v) is 12.2. The summed E-state index contributed by atoms with van der Waals surface area (Å²) in [5, 5.41) is 20.6. The molecule has 1 aromatic carbocycles. The van der Waals surface area contributed by atoms with Crippen molar-refractivity contribution in [2.75, 3.05) is 11.9 Å². The van der Waals surface area contributed by atoms with Gasteiger partial charge in [-0.1, -0.05) is 31.7 Å². The molecule has 3 N–H and O–H groups in total. The van der Waals surface area contributed by atoms with E-state index in [9.17, 15) is 14.7 Å². The number of carboxylic acids is 1. The van der Waals surface area contributed by atoms with Gasteiger partial charge in [-0.25, -0.2) is 9.78 Å². The minimum atomic E-state index is -0.997. The highest BCUT2D eigenvalue weighted by molar-refractivity contribution is 5.99. The first-order valence-electron chi connectivity index (χ1n) is 12.2. The van der Waals surface area contributed by atoms with Crippen molar-refractivity contribution in [3.05, 3.63) is 53.3 Å². The molecular formula is C26H33N5O3. The first-order chi connectivity index (χ1) is 16.5. The monoisotopic (exact) mass is 463 g/mol. The standard InChI is InChI=1S/C26H33N5O3/c1-31-23-14-12-19(16-20(23)17-28-31)25(32)30-22(26(33)34)10-6-4-2-3-5-9-21-13-11-18-8-7-15-27-24(18)29-21/h11-14,16-17,22H,2-10,15H2,1H3,(H,27,29)(H,30,32)(H,33,34). The number of aromatic nitrogens is 3. The smallest absolute Gasteiger partial charge is 0.326 e. The lowest BCUT2D eigenvalue weighted by Crippen LogP contribution is -2.40. The molecule has 1 amide bonds. The second-order valence-corrected chi connectivity index (χ2v) is 9.05. The van der Waals surface area contributed by atoms with Gasteiger partial charge in [-0.05, 0) is 61.9 Å². The van der Waals surface area contributed by atoms with Crippen LogP contribution >= 0.6 is 0 Å². The predicted molar refractivity (Wildman–Crippen MR) is 132 cm³/mol. The lowest BCUT2D eigenvalue weighted by atomic mass is 10.0. The Morgan fingerprint density at radius 2 is 1.97 bits per heavy atom. The van der Waals surface area contributed by atoms with Crippen molar-refractivity contribution in [2.24, 2.45) is 7.05 Å². The van der Waals surface area contributed by atoms with Crippen LogP contribution < -0.4 is 10.6 Å². The zero-order valence-corrected chi connectivity index (χ0v) is 19.7. The van der Waals surface area contributed by atoms with Crippen LogP contribution in [0.3, 0.4) is 0 Å². The fourth-order valence-corrected chi connectivity index (χ4v) is 4.50. The van der Waals surface area contributed by atoms with E-state index >= 15 is 0 Å². The number of fused-ring (bicyclic) bond motifs is 2. The number of nitrogens with one attached hydrogen (secondary N) is 2. The summed E-state index contributed by atoms with van der Waals surface area (Å²) in [7, 11) is 1.84. The third-order valence-electron chi connectivity index (χ3n) is 6.49. The van der Waals surface area contributed by atoms with Crippen LogP contribution in [0.15, 0.2) is 36.5 Å². The Bertz CT molecular complexity index is 1160. The Balaban J connectivity index is 1.16. The van der Waals surface area contributed by atoms with Crippen molar-refractivity contribution in [1.82, 2.24) is 20.1 Å². The van der Waals surface area contributed by atoms with Crippen LogP contribution in [0.25, 0.3) is 10.9 Å². The molecule has 1 atom stereocenters. The van der Waals surface area contributed by atoms with Crippen molar-refractivity contribution in [1.29, 1.82) is 0 Å². The van der Waals surface area contributed by atoms with Crippen LogP contribution in [0.5, 0.6) is 0 Å². The van der Waals surface area contributed by atoms with E-state index in [-0.39, 0.29) is 5.91 Å². The number of benzene rings is 1. The first kappa shape index (κ1) is 23.7. The van der Waals surface area contributed by atoms with Gasteiger partial charge in [-0.3, -0.25) is 9.48 Å². The van der Waals surface area contributed by atoms with Gasteiger partial charge in [0, 0.05) is 30.2 Å². The second-order valence-electron chi connectivity index (χ2n) is 9.05. The molecule has 2 aromatic heterocycles. The minimum Gasteiger partial charge on any atom is -0.480 e. The third kappa shape index (κ3) is 5.92. The number of hydrogen-bond acceptors (Lipinski definition) is 5. The van der Waals surface area contributed by atoms with Crippen LogP contribution in [0.1, 0.15) is 66.6 Å². The van der Waals surface area contributed by atoms with Crippen molar-refractivity contribution in [3.8, 4) is 0 Å². The number of nitrogens with zero attached hydrogens (tertiary/aromatic N) is 3. The summed E-state index contributed by atoms with van der Waals surface area (Å²) < 4.78 is 1.73. The minimum absolute atomic E-state index is 0.370. The lowest BCUT2D eigenvalue weighted by molar-refractivity contribution is -0.139. The molecule has 0 fully saturated rings. The molecule has 180 valence electrons. The average Bonchev–Trinajstić information content (AvgIpc) is 3.22. The van der Waals surface area contributed by atoms with Gasteiger partial charge in [-0.2, -0.15) is 5.10 Å². The van der Waals surface area contributed by atoms with E-state index in [1.54, 1.807) is 23.0 Å². The third-order valence-corrected chi connectivity index (χ3v) is 6.49. The molecule has 3 heterocycles. The molecule has 1 aliphatic rings. The molecule has 8 heteroatoms. The summed E-state index contributed by atoms with van der Waals surface area (Å²) in [6.07, 6.45) is 10.3. The molecule has 1 unspecified atom stereocenters. The Kier molecular flexibility index (Phi) is 7.77. The molecule has 3 aromatic rings.